The van der Waals surface area contributed by atoms with Gasteiger partial charge in [-0.15, -0.1) is 0 Å². The average Bonchev–Trinajstić information content (AvgIpc) is 3.63. The molecule has 18 heteroatoms. The van der Waals surface area contributed by atoms with E-state index in [2.05, 4.69) is 35.7 Å². The summed E-state index contributed by atoms with van der Waals surface area (Å²) in [4.78, 5) is 87.4. The molecule has 5 atom stereocenters. The highest BCUT2D eigenvalue weighted by molar-refractivity contribution is 8.02. The van der Waals surface area contributed by atoms with Gasteiger partial charge in [0.25, 0.3) is 5.56 Å². The Labute approximate surface area is 314 Å². The minimum atomic E-state index is -1.51. The second-order valence-corrected chi connectivity index (χ2v) is 16.1. The smallest absolute Gasteiger partial charge is 0.408 e. The molecule has 2 fully saturated rings. The Bertz CT molecular complexity index is 1930. The number of hydrogen-bond acceptors (Lipinski definition) is 13. The van der Waals surface area contributed by atoms with Gasteiger partial charge in [-0.1, -0.05) is 25.0 Å². The second kappa shape index (κ2) is 16.0. The monoisotopic (exact) mass is 763 g/mol. The highest BCUT2D eigenvalue weighted by atomic mass is 32.2. The van der Waals surface area contributed by atoms with Gasteiger partial charge in [-0.3, -0.25) is 14.4 Å². The van der Waals surface area contributed by atoms with Crippen LogP contribution >= 0.6 is 23.5 Å². The minimum absolute atomic E-state index is 0.0416. The van der Waals surface area contributed by atoms with Crippen LogP contribution in [0.25, 0.3) is 0 Å². The molecule has 3 aromatic rings. The number of hydrogen-bond donors (Lipinski definition) is 3. The fourth-order valence-electron chi connectivity index (χ4n) is 6.43. The maximum atomic E-state index is 14.4. The highest BCUT2D eigenvalue weighted by Crippen LogP contribution is 2.45. The van der Waals surface area contributed by atoms with Gasteiger partial charge in [0.2, 0.25) is 11.8 Å². The number of rotatable bonds is 7. The van der Waals surface area contributed by atoms with Crippen LogP contribution in [-0.4, -0.2) is 93.4 Å². The van der Waals surface area contributed by atoms with Crippen LogP contribution in [0, 0.1) is 5.92 Å². The number of allylic oxidation sites excluding steroid dienone is 1. The van der Waals surface area contributed by atoms with Crippen molar-refractivity contribution in [3.8, 4) is 0 Å². The number of aromatic nitrogens is 6. The van der Waals surface area contributed by atoms with Crippen molar-refractivity contribution in [2.45, 2.75) is 115 Å². The van der Waals surface area contributed by atoms with Crippen LogP contribution < -0.4 is 16.2 Å². The zero-order chi connectivity index (χ0) is 37.8. The SMILES string of the molecule is CC(C)(C)OC(=O)N[C@H]1CCCCC/C=C\[C@@H]2C[C@@]2(C(=O)O)NC(=O)[C@@H]2C[C@@H](n3ncc(Sc4ncccn4)c(Sc4ncccn4)c3=O)CN2C1=O. The van der Waals surface area contributed by atoms with Gasteiger partial charge in [0.15, 0.2) is 10.3 Å². The molecule has 2 aliphatic heterocycles. The van der Waals surface area contributed by atoms with Gasteiger partial charge >= 0.3 is 12.1 Å². The fourth-order valence-corrected chi connectivity index (χ4v) is 8.13. The standard InChI is InChI=1S/C35H41N9O7S2/c1-34(2,3)51-33(50)41-23-12-8-6-4-5-7-11-21-18-35(21,30(48)49)42-27(45)24-17-22(20-43(24)28(23)46)44-29(47)26(53-32-38-15-10-16-39-32)25(19-40-44)52-31-36-13-9-14-37-31/h7,9-11,13-16,19,21-24H,4-6,8,12,17-18,20H2,1-3H3,(H,41,50)(H,42,45)(H,48,49)/b11-7-/t21-,22-,23+,24+,35-/m1/s1. The Balaban J connectivity index is 1.36. The van der Waals surface area contributed by atoms with E-state index in [1.807, 2.05) is 12.2 Å². The molecule has 0 unspecified atom stereocenters. The summed E-state index contributed by atoms with van der Waals surface area (Å²) in [6, 6.07) is 0.327. The zero-order valence-corrected chi connectivity index (χ0v) is 31.1. The van der Waals surface area contributed by atoms with Crippen LogP contribution in [0.2, 0.25) is 0 Å². The molecule has 0 radical (unpaired) electrons. The van der Waals surface area contributed by atoms with E-state index in [1.54, 1.807) is 57.7 Å². The third-order valence-electron chi connectivity index (χ3n) is 9.08. The molecule has 1 saturated carbocycles. The van der Waals surface area contributed by atoms with Crippen LogP contribution in [0.3, 0.4) is 0 Å². The van der Waals surface area contributed by atoms with Crippen LogP contribution in [0.4, 0.5) is 4.79 Å². The van der Waals surface area contributed by atoms with E-state index < -0.39 is 64.6 Å². The van der Waals surface area contributed by atoms with Gasteiger partial charge in [-0.25, -0.2) is 34.2 Å². The first kappa shape index (κ1) is 37.9. The molecular weight excluding hydrogens is 723 g/mol. The molecule has 0 bridgehead atoms. The third kappa shape index (κ3) is 9.04. The Kier molecular flexibility index (Phi) is 11.5. The molecule has 3 amide bonds. The van der Waals surface area contributed by atoms with Crippen molar-refractivity contribution in [2.24, 2.45) is 5.92 Å². The van der Waals surface area contributed by atoms with Crippen molar-refractivity contribution in [1.82, 2.24) is 45.2 Å². The van der Waals surface area contributed by atoms with Crippen LogP contribution in [0.15, 0.2) is 80.2 Å². The first-order chi connectivity index (χ1) is 25.3. The van der Waals surface area contributed by atoms with E-state index in [1.165, 1.54) is 15.8 Å². The molecule has 3 N–H and O–H groups in total. The molecule has 280 valence electrons. The Morgan fingerprint density at radius 3 is 2.34 bits per heavy atom. The van der Waals surface area contributed by atoms with Crippen molar-refractivity contribution in [3.63, 3.8) is 0 Å². The normalized spacial score (nSPS) is 25.5. The molecule has 53 heavy (non-hydrogen) atoms. The molecule has 0 spiro atoms. The number of carboxylic acid groups (broad SMARTS) is 1. The Morgan fingerprint density at radius 2 is 1.68 bits per heavy atom. The first-order valence-electron chi connectivity index (χ1n) is 17.4. The molecule has 0 aromatic carbocycles. The summed E-state index contributed by atoms with van der Waals surface area (Å²) < 4.78 is 6.71. The van der Waals surface area contributed by atoms with E-state index in [0.29, 0.717) is 28.0 Å². The summed E-state index contributed by atoms with van der Waals surface area (Å²) in [7, 11) is 0. The maximum Gasteiger partial charge on any atom is 0.408 e. The third-order valence-corrected chi connectivity index (χ3v) is 11.1. The van der Waals surface area contributed by atoms with Gasteiger partial charge in [0, 0.05) is 43.7 Å². The molecule has 3 aromatic heterocycles. The summed E-state index contributed by atoms with van der Waals surface area (Å²) in [6.45, 7) is 5.03. The lowest BCUT2D eigenvalue weighted by molar-refractivity contribution is -0.145. The lowest BCUT2D eigenvalue weighted by Crippen LogP contribution is -2.56. The van der Waals surface area contributed by atoms with E-state index >= 15 is 0 Å². The van der Waals surface area contributed by atoms with Crippen LogP contribution in [-0.2, 0) is 19.1 Å². The predicted molar refractivity (Wildman–Crippen MR) is 192 cm³/mol. The number of ether oxygens (including phenoxy) is 1. The quantitative estimate of drug-likeness (QED) is 0.232. The number of nitrogens with zero attached hydrogens (tertiary/aromatic N) is 7. The number of alkyl carbamates (subject to hydrolysis) is 1. The lowest BCUT2D eigenvalue weighted by atomic mass is 10.0. The van der Waals surface area contributed by atoms with E-state index in [9.17, 15) is 29.1 Å². The van der Waals surface area contributed by atoms with Crippen molar-refractivity contribution < 1.29 is 29.0 Å². The predicted octanol–water partition coefficient (Wildman–Crippen LogP) is 3.64. The minimum Gasteiger partial charge on any atom is -0.479 e. The summed E-state index contributed by atoms with van der Waals surface area (Å²) in [5.41, 5.74) is -2.85. The number of aliphatic carboxylic acids is 1. The van der Waals surface area contributed by atoms with Crippen molar-refractivity contribution in [1.29, 1.82) is 0 Å². The zero-order valence-electron chi connectivity index (χ0n) is 29.5. The number of carbonyl (C=O) groups excluding carboxylic acids is 3. The number of amides is 3. The van der Waals surface area contributed by atoms with Gasteiger partial charge < -0.3 is 25.4 Å². The Morgan fingerprint density at radius 1 is 1.00 bits per heavy atom. The first-order valence-corrected chi connectivity index (χ1v) is 19.0. The molecular formula is C35H41N9O7S2. The highest BCUT2D eigenvalue weighted by Gasteiger charge is 2.61. The summed E-state index contributed by atoms with van der Waals surface area (Å²) in [5, 5.41) is 20.9. The van der Waals surface area contributed by atoms with E-state index in [4.69, 9.17) is 4.74 Å². The summed E-state index contributed by atoms with van der Waals surface area (Å²) in [6.07, 6.45) is 14.1. The van der Waals surface area contributed by atoms with Gasteiger partial charge in [0.1, 0.15) is 23.2 Å². The number of fused-ring (bicyclic) bond motifs is 2. The summed E-state index contributed by atoms with van der Waals surface area (Å²) >= 11 is 2.18. The lowest BCUT2D eigenvalue weighted by Gasteiger charge is -2.30. The van der Waals surface area contributed by atoms with Crippen molar-refractivity contribution in [3.05, 3.63) is 65.6 Å². The van der Waals surface area contributed by atoms with Gasteiger partial charge in [-0.2, -0.15) is 5.10 Å². The molecule has 1 saturated heterocycles. The number of carboxylic acids is 1. The Hall–Kier alpha value is -4.84. The van der Waals surface area contributed by atoms with E-state index in [-0.39, 0.29) is 30.7 Å². The molecule has 5 heterocycles. The van der Waals surface area contributed by atoms with E-state index in [0.717, 1.165) is 36.4 Å². The molecule has 3 aliphatic rings. The topological polar surface area (TPSA) is 211 Å². The van der Waals surface area contributed by atoms with Crippen molar-refractivity contribution >= 4 is 47.4 Å². The number of nitrogens with one attached hydrogen (secondary N) is 2. The number of carbonyl (C=O) groups is 4. The molecule has 16 nitrogen and oxygen atoms in total. The van der Waals surface area contributed by atoms with Crippen LogP contribution in [0.5, 0.6) is 0 Å². The van der Waals surface area contributed by atoms with Gasteiger partial charge in [-0.05, 0) is 82.1 Å². The average molecular weight is 764 g/mol. The molecule has 6 rings (SSSR count). The summed E-state index contributed by atoms with van der Waals surface area (Å²) in [5.74, 6) is -2.78. The van der Waals surface area contributed by atoms with Crippen LogP contribution in [0.1, 0.15) is 71.8 Å². The largest absolute Gasteiger partial charge is 0.479 e. The van der Waals surface area contributed by atoms with Gasteiger partial charge in [0.05, 0.1) is 22.0 Å². The van der Waals surface area contributed by atoms with Crippen molar-refractivity contribution in [2.75, 3.05) is 6.54 Å². The maximum absolute atomic E-state index is 14.4. The fraction of sp³-hybridized carbons (Fsp3) is 0.486. The molecule has 1 aliphatic carbocycles. The second-order valence-electron chi connectivity index (χ2n) is 14.1.